The van der Waals surface area contributed by atoms with E-state index in [9.17, 15) is 14.4 Å². The van der Waals surface area contributed by atoms with E-state index in [1.165, 1.54) is 0 Å². The Balaban J connectivity index is 1.61. The van der Waals surface area contributed by atoms with E-state index in [2.05, 4.69) is 10.6 Å². The molecular weight excluding hydrogens is 382 g/mol. The number of benzene rings is 2. The van der Waals surface area contributed by atoms with Gasteiger partial charge in [-0.15, -0.1) is 0 Å². The topological polar surface area (TPSA) is 87.7 Å². The molecule has 3 rings (SSSR count). The third-order valence-corrected chi connectivity index (χ3v) is 4.95. The second-order valence-corrected chi connectivity index (χ2v) is 8.38. The van der Waals surface area contributed by atoms with Crippen LogP contribution < -0.4 is 20.3 Å². The highest BCUT2D eigenvalue weighted by atomic mass is 16.5. The van der Waals surface area contributed by atoms with Gasteiger partial charge in [0.2, 0.25) is 17.7 Å². The molecule has 0 saturated carbocycles. The first kappa shape index (κ1) is 21.4. The third-order valence-electron chi connectivity index (χ3n) is 4.95. The van der Waals surface area contributed by atoms with E-state index in [1.807, 2.05) is 39.0 Å². The standard InChI is InChI=1S/C23H27N3O4/c1-23(2,3)22(29)25-17-10-8-16(9-11-17)24-21(28)15-12-20(27)26(14-15)18-6-5-7-19(13-18)30-4/h5-11,13,15H,12,14H2,1-4H3,(H,24,28)(H,25,29). The van der Waals surface area contributed by atoms with E-state index in [-0.39, 0.29) is 24.1 Å². The van der Waals surface area contributed by atoms with Crippen molar-refractivity contribution in [2.75, 3.05) is 29.2 Å². The van der Waals surface area contributed by atoms with Gasteiger partial charge in [0.25, 0.3) is 0 Å². The second kappa shape index (κ2) is 8.57. The average Bonchev–Trinajstić information content (AvgIpc) is 3.10. The fourth-order valence-corrected chi connectivity index (χ4v) is 3.11. The molecule has 1 saturated heterocycles. The molecule has 0 radical (unpaired) electrons. The van der Waals surface area contributed by atoms with E-state index >= 15 is 0 Å². The van der Waals surface area contributed by atoms with Crippen LogP contribution in [0.4, 0.5) is 17.1 Å². The maximum atomic E-state index is 12.7. The Hall–Kier alpha value is -3.35. The van der Waals surface area contributed by atoms with Gasteiger partial charge in [-0.1, -0.05) is 26.8 Å². The van der Waals surface area contributed by atoms with Gasteiger partial charge in [0.1, 0.15) is 5.75 Å². The molecule has 1 unspecified atom stereocenters. The highest BCUT2D eigenvalue weighted by Crippen LogP contribution is 2.28. The molecule has 3 amide bonds. The first-order valence-electron chi connectivity index (χ1n) is 9.84. The quantitative estimate of drug-likeness (QED) is 0.789. The molecule has 158 valence electrons. The van der Waals surface area contributed by atoms with E-state index in [0.29, 0.717) is 29.4 Å². The van der Waals surface area contributed by atoms with Crippen LogP contribution in [-0.2, 0) is 14.4 Å². The van der Waals surface area contributed by atoms with Crippen LogP contribution in [0.15, 0.2) is 48.5 Å². The molecule has 1 atom stereocenters. The van der Waals surface area contributed by atoms with Crippen molar-refractivity contribution in [3.63, 3.8) is 0 Å². The van der Waals surface area contributed by atoms with Crippen LogP contribution in [0.2, 0.25) is 0 Å². The molecule has 0 aliphatic carbocycles. The molecule has 1 heterocycles. The molecule has 7 nitrogen and oxygen atoms in total. The van der Waals surface area contributed by atoms with Gasteiger partial charge in [0.15, 0.2) is 0 Å². The summed E-state index contributed by atoms with van der Waals surface area (Å²) in [5.74, 6) is -0.166. The number of hydrogen-bond acceptors (Lipinski definition) is 4. The number of nitrogens with one attached hydrogen (secondary N) is 2. The van der Waals surface area contributed by atoms with Gasteiger partial charge < -0.3 is 20.3 Å². The van der Waals surface area contributed by atoms with E-state index in [4.69, 9.17) is 4.74 Å². The van der Waals surface area contributed by atoms with Crippen LogP contribution >= 0.6 is 0 Å². The lowest BCUT2D eigenvalue weighted by atomic mass is 9.95. The minimum atomic E-state index is -0.490. The monoisotopic (exact) mass is 409 g/mol. The summed E-state index contributed by atoms with van der Waals surface area (Å²) in [5, 5.41) is 5.70. The van der Waals surface area contributed by atoms with Gasteiger partial charge in [-0.25, -0.2) is 0 Å². The van der Waals surface area contributed by atoms with Crippen molar-refractivity contribution < 1.29 is 19.1 Å². The number of methoxy groups -OCH3 is 1. The van der Waals surface area contributed by atoms with Crippen molar-refractivity contribution in [2.24, 2.45) is 11.3 Å². The van der Waals surface area contributed by atoms with Crippen LogP contribution in [0.3, 0.4) is 0 Å². The Bertz CT molecular complexity index is 948. The number of rotatable bonds is 5. The van der Waals surface area contributed by atoms with Gasteiger partial charge in [0.05, 0.1) is 13.0 Å². The smallest absolute Gasteiger partial charge is 0.229 e. The van der Waals surface area contributed by atoms with Crippen LogP contribution in [0.25, 0.3) is 0 Å². The number of carbonyl (C=O) groups is 3. The molecule has 30 heavy (non-hydrogen) atoms. The predicted octanol–water partition coefficient (Wildman–Crippen LogP) is 3.67. The maximum absolute atomic E-state index is 12.7. The third kappa shape index (κ3) is 4.97. The molecule has 7 heteroatoms. The maximum Gasteiger partial charge on any atom is 0.229 e. The lowest BCUT2D eigenvalue weighted by Crippen LogP contribution is -2.28. The fourth-order valence-electron chi connectivity index (χ4n) is 3.11. The number of anilines is 3. The summed E-state index contributed by atoms with van der Waals surface area (Å²) in [4.78, 5) is 38.8. The largest absolute Gasteiger partial charge is 0.497 e. The zero-order valence-electron chi connectivity index (χ0n) is 17.7. The summed E-state index contributed by atoms with van der Waals surface area (Å²) in [6.45, 7) is 5.84. The van der Waals surface area contributed by atoms with Crippen LogP contribution in [-0.4, -0.2) is 31.4 Å². The molecule has 2 aromatic carbocycles. The SMILES string of the molecule is COc1cccc(N2CC(C(=O)Nc3ccc(NC(=O)C(C)(C)C)cc3)CC2=O)c1. The second-order valence-electron chi connectivity index (χ2n) is 8.38. The number of carbonyl (C=O) groups excluding carboxylic acids is 3. The molecule has 2 aromatic rings. The van der Waals surface area contributed by atoms with Crippen molar-refractivity contribution in [3.8, 4) is 5.75 Å². The van der Waals surface area contributed by atoms with Crippen molar-refractivity contribution in [1.29, 1.82) is 0 Å². The normalized spacial score (nSPS) is 16.3. The van der Waals surface area contributed by atoms with Crippen molar-refractivity contribution >= 4 is 34.8 Å². The highest BCUT2D eigenvalue weighted by molar-refractivity contribution is 6.03. The number of ether oxygens (including phenoxy) is 1. The van der Waals surface area contributed by atoms with Crippen molar-refractivity contribution in [1.82, 2.24) is 0 Å². The average molecular weight is 409 g/mol. The molecule has 0 bridgehead atoms. The van der Waals surface area contributed by atoms with E-state index in [1.54, 1.807) is 42.3 Å². The van der Waals surface area contributed by atoms with Crippen molar-refractivity contribution in [2.45, 2.75) is 27.2 Å². The lowest BCUT2D eigenvalue weighted by Gasteiger charge is -2.18. The zero-order valence-corrected chi connectivity index (χ0v) is 17.7. The molecule has 0 spiro atoms. The predicted molar refractivity (Wildman–Crippen MR) is 117 cm³/mol. The molecule has 1 fully saturated rings. The van der Waals surface area contributed by atoms with E-state index in [0.717, 1.165) is 0 Å². The van der Waals surface area contributed by atoms with E-state index < -0.39 is 11.3 Å². The number of amides is 3. The Kier molecular flexibility index (Phi) is 6.10. The molecule has 1 aliphatic heterocycles. The number of nitrogens with zero attached hydrogens (tertiary/aromatic N) is 1. The lowest BCUT2D eigenvalue weighted by molar-refractivity contribution is -0.123. The first-order valence-corrected chi connectivity index (χ1v) is 9.84. The summed E-state index contributed by atoms with van der Waals surface area (Å²) >= 11 is 0. The molecular formula is C23H27N3O4. The van der Waals surface area contributed by atoms with Crippen molar-refractivity contribution in [3.05, 3.63) is 48.5 Å². The molecule has 1 aliphatic rings. The summed E-state index contributed by atoms with van der Waals surface area (Å²) in [5.41, 5.74) is 1.50. The Morgan fingerprint density at radius 1 is 1.03 bits per heavy atom. The number of hydrogen-bond donors (Lipinski definition) is 2. The Morgan fingerprint density at radius 2 is 1.67 bits per heavy atom. The van der Waals surface area contributed by atoms with Gasteiger partial charge in [0, 0.05) is 41.5 Å². The minimum absolute atomic E-state index is 0.0820. The van der Waals surface area contributed by atoms with Gasteiger partial charge in [-0.3, -0.25) is 14.4 Å². The summed E-state index contributed by atoms with van der Waals surface area (Å²) in [7, 11) is 1.57. The fraction of sp³-hybridized carbons (Fsp3) is 0.348. The van der Waals surface area contributed by atoms with Gasteiger partial charge in [-0.05, 0) is 36.4 Å². The molecule has 2 N–H and O–H groups in total. The van der Waals surface area contributed by atoms with Gasteiger partial charge >= 0.3 is 0 Å². The Labute approximate surface area is 176 Å². The van der Waals surface area contributed by atoms with Gasteiger partial charge in [-0.2, -0.15) is 0 Å². The molecule has 0 aromatic heterocycles. The zero-order chi connectivity index (χ0) is 21.9. The minimum Gasteiger partial charge on any atom is -0.497 e. The van der Waals surface area contributed by atoms with Crippen LogP contribution in [0, 0.1) is 11.3 Å². The summed E-state index contributed by atoms with van der Waals surface area (Å²) in [6.07, 6.45) is 0.156. The Morgan fingerprint density at radius 3 is 2.27 bits per heavy atom. The van der Waals surface area contributed by atoms with Crippen LogP contribution in [0.1, 0.15) is 27.2 Å². The first-order chi connectivity index (χ1) is 14.2. The summed E-state index contributed by atoms with van der Waals surface area (Å²) in [6, 6.07) is 14.2. The summed E-state index contributed by atoms with van der Waals surface area (Å²) < 4.78 is 5.21. The van der Waals surface area contributed by atoms with Crippen LogP contribution in [0.5, 0.6) is 5.75 Å². The highest BCUT2D eigenvalue weighted by Gasteiger charge is 2.35.